The third kappa shape index (κ3) is 3.28. The first kappa shape index (κ1) is 11.7. The Bertz CT molecular complexity index is 272. The first-order valence-electron chi connectivity index (χ1n) is 4.57. The minimum Gasteiger partial charge on any atom is -0.388 e. The zero-order valence-electron chi connectivity index (χ0n) is 8.81. The average Bonchev–Trinajstić information content (AvgIpc) is 2.20. The van der Waals surface area contributed by atoms with Gasteiger partial charge in [-0.25, -0.2) is 0 Å². The number of rotatable bonds is 2. The first-order valence-corrected chi connectivity index (χ1v) is 4.57. The van der Waals surface area contributed by atoms with Crippen LogP contribution in [0, 0.1) is 12.3 Å². The van der Waals surface area contributed by atoms with Crippen LogP contribution >= 0.6 is 0 Å². The van der Waals surface area contributed by atoms with Crippen LogP contribution in [0.1, 0.15) is 26.4 Å². The van der Waals surface area contributed by atoms with Gasteiger partial charge in [-0.05, 0) is 19.1 Å². The van der Waals surface area contributed by atoms with Crippen LogP contribution in [0.2, 0.25) is 0 Å². The summed E-state index contributed by atoms with van der Waals surface area (Å²) in [5.74, 6) is 0. The van der Waals surface area contributed by atoms with Gasteiger partial charge in [-0.1, -0.05) is 25.5 Å². The highest BCUT2D eigenvalue weighted by atomic mass is 14.8. The van der Waals surface area contributed by atoms with Crippen LogP contribution in [0.5, 0.6) is 0 Å². The fourth-order valence-electron chi connectivity index (χ4n) is 1.03. The topological polar surface area (TPSA) is 35.9 Å². The Labute approximate surface area is 82.0 Å². The van der Waals surface area contributed by atoms with Crippen molar-refractivity contribution in [2.24, 2.45) is 0 Å². The number of nitrogens with one attached hydrogen (secondary N) is 2. The summed E-state index contributed by atoms with van der Waals surface area (Å²) in [5, 5.41) is 10.1. The van der Waals surface area contributed by atoms with Gasteiger partial charge in [-0.2, -0.15) is 0 Å². The Morgan fingerprint density at radius 2 is 2.00 bits per heavy atom. The Balaban J connectivity index is 0. The molecule has 0 aliphatic carbocycles. The maximum Gasteiger partial charge on any atom is 0.0426 e. The van der Waals surface area contributed by atoms with Gasteiger partial charge >= 0.3 is 0 Å². The molecule has 0 atom stereocenters. The van der Waals surface area contributed by atoms with Crippen LogP contribution in [-0.2, 0) is 0 Å². The van der Waals surface area contributed by atoms with Crippen molar-refractivity contribution in [1.29, 1.82) is 5.41 Å². The second kappa shape index (κ2) is 6.23. The van der Waals surface area contributed by atoms with E-state index in [1.165, 1.54) is 11.8 Å². The summed E-state index contributed by atoms with van der Waals surface area (Å²) in [6.07, 6.45) is 1.36. The van der Waals surface area contributed by atoms with Crippen LogP contribution in [0.3, 0.4) is 0 Å². The van der Waals surface area contributed by atoms with E-state index in [4.69, 9.17) is 5.41 Å². The number of hydrogen-bond donors (Lipinski definition) is 2. The summed E-state index contributed by atoms with van der Waals surface area (Å²) in [7, 11) is 1.86. The molecule has 0 saturated carbocycles. The summed E-state index contributed by atoms with van der Waals surface area (Å²) in [4.78, 5) is 0. The Hall–Kier alpha value is -1.31. The number of aryl methyl sites for hydroxylation is 1. The van der Waals surface area contributed by atoms with Crippen molar-refractivity contribution in [2.75, 3.05) is 12.4 Å². The second-order valence-electron chi connectivity index (χ2n) is 2.49. The van der Waals surface area contributed by atoms with Crippen molar-refractivity contribution in [1.82, 2.24) is 0 Å². The maximum absolute atomic E-state index is 7.12. The third-order valence-corrected chi connectivity index (χ3v) is 1.63. The van der Waals surface area contributed by atoms with Gasteiger partial charge in [0.05, 0.1) is 0 Å². The molecule has 2 heteroatoms. The molecular weight excluding hydrogens is 160 g/mol. The SMILES string of the molecule is CC.CNc1ccc(C)cc1C=N.[HH]. The van der Waals surface area contributed by atoms with E-state index in [1.807, 2.05) is 46.0 Å². The molecule has 74 valence electrons. The normalized spacial score (nSPS) is 8.31. The molecule has 0 aliphatic heterocycles. The van der Waals surface area contributed by atoms with Crippen molar-refractivity contribution < 1.29 is 1.43 Å². The minimum atomic E-state index is 0. The van der Waals surface area contributed by atoms with E-state index >= 15 is 0 Å². The van der Waals surface area contributed by atoms with Gasteiger partial charge in [0, 0.05) is 25.9 Å². The van der Waals surface area contributed by atoms with E-state index < -0.39 is 0 Å². The second-order valence-corrected chi connectivity index (χ2v) is 2.49. The fraction of sp³-hybridized carbons (Fsp3) is 0.364. The molecule has 0 saturated heterocycles. The average molecular weight is 180 g/mol. The van der Waals surface area contributed by atoms with Crippen LogP contribution in [-0.4, -0.2) is 13.3 Å². The summed E-state index contributed by atoms with van der Waals surface area (Å²) >= 11 is 0. The van der Waals surface area contributed by atoms with E-state index in [-0.39, 0.29) is 1.43 Å². The molecular formula is C11H20N2. The number of anilines is 1. The summed E-state index contributed by atoms with van der Waals surface area (Å²) in [6.45, 7) is 6.02. The van der Waals surface area contributed by atoms with Crippen molar-refractivity contribution in [2.45, 2.75) is 20.8 Å². The quantitative estimate of drug-likeness (QED) is 0.673. The molecule has 0 radical (unpaired) electrons. The number of hydrogen-bond acceptors (Lipinski definition) is 2. The smallest absolute Gasteiger partial charge is 0.0426 e. The molecule has 1 aromatic rings. The molecule has 0 spiro atoms. The molecule has 1 rings (SSSR count). The zero-order valence-corrected chi connectivity index (χ0v) is 8.81. The molecule has 0 heterocycles. The molecule has 2 nitrogen and oxygen atoms in total. The Morgan fingerprint density at radius 3 is 2.46 bits per heavy atom. The van der Waals surface area contributed by atoms with Gasteiger partial charge in [-0.3, -0.25) is 0 Å². The standard InChI is InChI=1S/C9H12N2.C2H6.H2/c1-7-3-4-9(11-2)8(5-7)6-10;1-2;/h3-6,10-11H,1-2H3;1-2H3;1H. The van der Waals surface area contributed by atoms with E-state index in [9.17, 15) is 0 Å². The van der Waals surface area contributed by atoms with E-state index in [0.717, 1.165) is 11.3 Å². The first-order chi connectivity index (χ1) is 6.27. The molecule has 13 heavy (non-hydrogen) atoms. The van der Waals surface area contributed by atoms with Crippen LogP contribution < -0.4 is 5.32 Å². The summed E-state index contributed by atoms with van der Waals surface area (Å²) in [6, 6.07) is 5.99. The summed E-state index contributed by atoms with van der Waals surface area (Å²) in [5.41, 5.74) is 3.13. The van der Waals surface area contributed by atoms with Crippen LogP contribution in [0.4, 0.5) is 5.69 Å². The Morgan fingerprint density at radius 1 is 1.38 bits per heavy atom. The van der Waals surface area contributed by atoms with Crippen molar-refractivity contribution >= 4 is 11.9 Å². The Kier molecular flexibility index (Phi) is 5.60. The molecule has 0 aromatic heterocycles. The van der Waals surface area contributed by atoms with E-state index in [2.05, 4.69) is 5.32 Å². The maximum atomic E-state index is 7.12. The lowest BCUT2D eigenvalue weighted by Gasteiger charge is -2.04. The van der Waals surface area contributed by atoms with Gasteiger partial charge in [0.15, 0.2) is 0 Å². The highest BCUT2D eigenvalue weighted by Crippen LogP contribution is 2.13. The van der Waals surface area contributed by atoms with Crippen molar-refractivity contribution in [3.63, 3.8) is 0 Å². The van der Waals surface area contributed by atoms with Gasteiger partial charge in [0.25, 0.3) is 0 Å². The third-order valence-electron chi connectivity index (χ3n) is 1.63. The molecule has 1 aromatic carbocycles. The van der Waals surface area contributed by atoms with Crippen molar-refractivity contribution in [3.8, 4) is 0 Å². The van der Waals surface area contributed by atoms with Gasteiger partial charge in [-0.15, -0.1) is 0 Å². The molecule has 0 fully saturated rings. The van der Waals surface area contributed by atoms with Crippen LogP contribution in [0.15, 0.2) is 18.2 Å². The van der Waals surface area contributed by atoms with Gasteiger partial charge in [0.2, 0.25) is 0 Å². The minimum absolute atomic E-state index is 0. The van der Waals surface area contributed by atoms with Gasteiger partial charge < -0.3 is 10.7 Å². The summed E-state index contributed by atoms with van der Waals surface area (Å²) < 4.78 is 0. The molecule has 0 unspecified atom stereocenters. The fourth-order valence-corrected chi connectivity index (χ4v) is 1.03. The lowest BCUT2D eigenvalue weighted by molar-refractivity contribution is 1.41. The highest BCUT2D eigenvalue weighted by Gasteiger charge is 1.95. The van der Waals surface area contributed by atoms with Crippen LogP contribution in [0.25, 0.3) is 0 Å². The van der Waals surface area contributed by atoms with E-state index in [1.54, 1.807) is 0 Å². The van der Waals surface area contributed by atoms with E-state index in [0.29, 0.717) is 0 Å². The molecule has 0 bridgehead atoms. The van der Waals surface area contributed by atoms with Crippen molar-refractivity contribution in [3.05, 3.63) is 29.3 Å². The molecule has 0 aliphatic rings. The zero-order chi connectivity index (χ0) is 10.3. The predicted molar refractivity (Wildman–Crippen MR) is 62.1 cm³/mol. The lowest BCUT2D eigenvalue weighted by Crippen LogP contribution is -1.94. The molecule has 2 N–H and O–H groups in total. The molecule has 0 amide bonds. The monoisotopic (exact) mass is 180 g/mol. The van der Waals surface area contributed by atoms with Gasteiger partial charge in [0.1, 0.15) is 0 Å². The number of benzene rings is 1. The lowest BCUT2D eigenvalue weighted by atomic mass is 10.1. The largest absolute Gasteiger partial charge is 0.388 e. The highest BCUT2D eigenvalue weighted by molar-refractivity contribution is 5.85. The predicted octanol–water partition coefficient (Wildman–Crippen LogP) is 3.31.